The Morgan fingerprint density at radius 1 is 1.17 bits per heavy atom. The molecule has 1 aliphatic heterocycles. The number of imidazole rings is 1. The van der Waals surface area contributed by atoms with Gasteiger partial charge >= 0.3 is 6.03 Å². The number of nitrogens with zero attached hydrogens (tertiary/aromatic N) is 3. The number of hydrogen-bond acceptors (Lipinski definition) is 3. The summed E-state index contributed by atoms with van der Waals surface area (Å²) in [6.45, 7) is 3.31. The van der Waals surface area contributed by atoms with E-state index >= 15 is 0 Å². The Hall–Kier alpha value is -2.05. The third-order valence-electron chi connectivity index (χ3n) is 4.74. The van der Waals surface area contributed by atoms with Crippen molar-refractivity contribution in [2.75, 3.05) is 32.7 Å². The molecule has 0 atom stereocenters. The van der Waals surface area contributed by atoms with Gasteiger partial charge in [-0.25, -0.2) is 9.78 Å². The Morgan fingerprint density at radius 2 is 1.96 bits per heavy atom. The fourth-order valence-electron chi connectivity index (χ4n) is 3.09. The van der Waals surface area contributed by atoms with E-state index in [9.17, 15) is 9.59 Å². The molecular formula is C16H25N5O2. The first-order valence-electron chi connectivity index (χ1n) is 8.54. The second-order valence-electron chi connectivity index (χ2n) is 6.31. The average Bonchev–Trinajstić information content (AvgIpc) is 2.87. The number of carbonyl (C=O) groups excluding carboxylic acids is 2. The summed E-state index contributed by atoms with van der Waals surface area (Å²) < 4.78 is 0. The Kier molecular flexibility index (Phi) is 5.15. The van der Waals surface area contributed by atoms with E-state index in [0.717, 1.165) is 31.6 Å². The van der Waals surface area contributed by atoms with Crippen molar-refractivity contribution in [2.24, 2.45) is 5.92 Å². The SMILES string of the molecule is O=C(NCCc1ncc[nH]1)N1CCCN(C(=O)C2CCC2)CC1. The largest absolute Gasteiger partial charge is 0.349 e. The molecule has 7 heteroatoms. The van der Waals surface area contributed by atoms with Crippen LogP contribution in [0.15, 0.2) is 12.4 Å². The molecule has 1 aliphatic carbocycles. The standard InChI is InChI=1S/C16H25N5O2/c22-15(13-3-1-4-13)20-9-2-10-21(12-11-20)16(23)19-6-5-14-17-7-8-18-14/h7-8,13H,1-6,9-12H2,(H,17,18)(H,19,23). The minimum Gasteiger partial charge on any atom is -0.349 e. The van der Waals surface area contributed by atoms with Gasteiger partial charge in [0, 0.05) is 57.5 Å². The van der Waals surface area contributed by atoms with E-state index in [1.165, 1.54) is 6.42 Å². The molecule has 3 rings (SSSR count). The van der Waals surface area contributed by atoms with Crippen LogP contribution in [0.2, 0.25) is 0 Å². The summed E-state index contributed by atoms with van der Waals surface area (Å²) >= 11 is 0. The van der Waals surface area contributed by atoms with Crippen molar-refractivity contribution in [3.05, 3.63) is 18.2 Å². The van der Waals surface area contributed by atoms with Crippen LogP contribution < -0.4 is 5.32 Å². The molecule has 0 aromatic carbocycles. The maximum atomic E-state index is 12.3. The number of amides is 3. The lowest BCUT2D eigenvalue weighted by Crippen LogP contribution is -2.44. The van der Waals surface area contributed by atoms with Crippen LogP contribution >= 0.6 is 0 Å². The van der Waals surface area contributed by atoms with E-state index in [0.29, 0.717) is 32.6 Å². The molecule has 7 nitrogen and oxygen atoms in total. The molecule has 1 aromatic rings. The van der Waals surface area contributed by atoms with Crippen LogP contribution in [0.3, 0.4) is 0 Å². The molecule has 0 spiro atoms. The fourth-order valence-corrected chi connectivity index (χ4v) is 3.09. The number of aromatic amines is 1. The number of aromatic nitrogens is 2. The normalized spacial score (nSPS) is 19.1. The molecule has 2 heterocycles. The minimum atomic E-state index is -0.0468. The summed E-state index contributed by atoms with van der Waals surface area (Å²) in [4.78, 5) is 35.5. The lowest BCUT2D eigenvalue weighted by atomic mass is 9.84. The van der Waals surface area contributed by atoms with Crippen LogP contribution in [0.25, 0.3) is 0 Å². The minimum absolute atomic E-state index is 0.0468. The predicted octanol–water partition coefficient (Wildman–Crippen LogP) is 0.996. The van der Waals surface area contributed by atoms with Crippen LogP contribution in [0.1, 0.15) is 31.5 Å². The molecule has 1 saturated carbocycles. The number of rotatable bonds is 4. The highest BCUT2D eigenvalue weighted by atomic mass is 16.2. The van der Waals surface area contributed by atoms with E-state index in [1.807, 2.05) is 9.80 Å². The molecule has 2 N–H and O–H groups in total. The van der Waals surface area contributed by atoms with Gasteiger partial charge in [0.25, 0.3) is 0 Å². The van der Waals surface area contributed by atoms with Crippen molar-refractivity contribution in [2.45, 2.75) is 32.1 Å². The van der Waals surface area contributed by atoms with Crippen molar-refractivity contribution >= 4 is 11.9 Å². The number of carbonyl (C=O) groups is 2. The van der Waals surface area contributed by atoms with E-state index in [4.69, 9.17) is 0 Å². The van der Waals surface area contributed by atoms with Gasteiger partial charge in [-0.15, -0.1) is 0 Å². The van der Waals surface area contributed by atoms with Gasteiger partial charge in [0.1, 0.15) is 5.82 Å². The Balaban J connectivity index is 1.41. The third-order valence-corrected chi connectivity index (χ3v) is 4.74. The zero-order valence-electron chi connectivity index (χ0n) is 13.5. The number of H-pyrrole nitrogens is 1. The highest BCUT2D eigenvalue weighted by Crippen LogP contribution is 2.28. The third kappa shape index (κ3) is 4.03. The maximum absolute atomic E-state index is 12.3. The zero-order chi connectivity index (χ0) is 16.1. The van der Waals surface area contributed by atoms with E-state index < -0.39 is 0 Å². The summed E-state index contributed by atoms with van der Waals surface area (Å²) in [5, 5.41) is 2.93. The quantitative estimate of drug-likeness (QED) is 0.868. The molecule has 1 saturated heterocycles. The first-order valence-corrected chi connectivity index (χ1v) is 8.54. The van der Waals surface area contributed by atoms with Gasteiger partial charge in [0.15, 0.2) is 0 Å². The van der Waals surface area contributed by atoms with Crippen molar-refractivity contribution < 1.29 is 9.59 Å². The van der Waals surface area contributed by atoms with Crippen molar-refractivity contribution in [1.82, 2.24) is 25.1 Å². The van der Waals surface area contributed by atoms with Gasteiger partial charge < -0.3 is 20.1 Å². The molecular weight excluding hydrogens is 294 g/mol. The topological polar surface area (TPSA) is 81.3 Å². The highest BCUT2D eigenvalue weighted by molar-refractivity contribution is 5.80. The van der Waals surface area contributed by atoms with Crippen LogP contribution in [0.5, 0.6) is 0 Å². The molecule has 2 aliphatic rings. The molecule has 0 bridgehead atoms. The van der Waals surface area contributed by atoms with Gasteiger partial charge in [-0.3, -0.25) is 4.79 Å². The Bertz CT molecular complexity index is 527. The van der Waals surface area contributed by atoms with Crippen molar-refractivity contribution in [3.8, 4) is 0 Å². The first-order chi connectivity index (χ1) is 11.2. The predicted molar refractivity (Wildman–Crippen MR) is 85.8 cm³/mol. The van der Waals surface area contributed by atoms with Crippen molar-refractivity contribution in [1.29, 1.82) is 0 Å². The van der Waals surface area contributed by atoms with Gasteiger partial charge in [0.05, 0.1) is 0 Å². The lowest BCUT2D eigenvalue weighted by molar-refractivity contribution is -0.138. The van der Waals surface area contributed by atoms with E-state index in [2.05, 4.69) is 15.3 Å². The smallest absolute Gasteiger partial charge is 0.317 e. The van der Waals surface area contributed by atoms with Crippen LogP contribution in [0, 0.1) is 5.92 Å². The van der Waals surface area contributed by atoms with Gasteiger partial charge in [-0.05, 0) is 19.3 Å². The van der Waals surface area contributed by atoms with Crippen LogP contribution in [-0.2, 0) is 11.2 Å². The van der Waals surface area contributed by atoms with Crippen LogP contribution in [-0.4, -0.2) is 64.4 Å². The molecule has 1 aromatic heterocycles. The first kappa shape index (κ1) is 15.8. The van der Waals surface area contributed by atoms with Gasteiger partial charge in [-0.1, -0.05) is 6.42 Å². The summed E-state index contributed by atoms with van der Waals surface area (Å²) in [5.74, 6) is 1.40. The summed E-state index contributed by atoms with van der Waals surface area (Å²) in [7, 11) is 0. The molecule has 0 radical (unpaired) electrons. The molecule has 126 valence electrons. The Labute approximate surface area is 136 Å². The lowest BCUT2D eigenvalue weighted by Gasteiger charge is -2.31. The van der Waals surface area contributed by atoms with E-state index in [1.54, 1.807) is 12.4 Å². The summed E-state index contributed by atoms with van der Waals surface area (Å²) in [5.41, 5.74) is 0. The molecule has 2 fully saturated rings. The summed E-state index contributed by atoms with van der Waals surface area (Å²) in [6.07, 6.45) is 8.27. The maximum Gasteiger partial charge on any atom is 0.317 e. The second kappa shape index (κ2) is 7.48. The van der Waals surface area contributed by atoms with Crippen molar-refractivity contribution in [3.63, 3.8) is 0 Å². The molecule has 23 heavy (non-hydrogen) atoms. The Morgan fingerprint density at radius 3 is 2.65 bits per heavy atom. The number of hydrogen-bond donors (Lipinski definition) is 2. The average molecular weight is 319 g/mol. The molecule has 3 amide bonds. The monoisotopic (exact) mass is 319 g/mol. The molecule has 0 unspecified atom stereocenters. The van der Waals surface area contributed by atoms with Crippen LogP contribution in [0.4, 0.5) is 4.79 Å². The fraction of sp³-hybridized carbons (Fsp3) is 0.688. The summed E-state index contributed by atoms with van der Waals surface area (Å²) in [6, 6.07) is -0.0468. The highest BCUT2D eigenvalue weighted by Gasteiger charge is 2.30. The number of urea groups is 1. The number of nitrogens with one attached hydrogen (secondary N) is 2. The second-order valence-corrected chi connectivity index (χ2v) is 6.31. The van der Waals surface area contributed by atoms with E-state index in [-0.39, 0.29) is 17.9 Å². The van der Waals surface area contributed by atoms with Gasteiger partial charge in [-0.2, -0.15) is 0 Å². The van der Waals surface area contributed by atoms with Gasteiger partial charge in [0.2, 0.25) is 5.91 Å². The zero-order valence-corrected chi connectivity index (χ0v) is 13.5.